The predicted octanol–water partition coefficient (Wildman–Crippen LogP) is 2.75. The van der Waals surface area contributed by atoms with Gasteiger partial charge in [0, 0.05) is 16.9 Å². The molecular weight excluding hydrogens is 474 g/mol. The summed E-state index contributed by atoms with van der Waals surface area (Å²) in [5.74, 6) is -0.499. The van der Waals surface area contributed by atoms with Crippen molar-refractivity contribution in [3.05, 3.63) is 59.7 Å². The van der Waals surface area contributed by atoms with Crippen LogP contribution in [-0.4, -0.2) is 67.6 Å². The second-order valence-electron chi connectivity index (χ2n) is 8.08. The van der Waals surface area contributed by atoms with Crippen LogP contribution in [0, 0.1) is 0 Å². The van der Waals surface area contributed by atoms with Crippen LogP contribution >= 0.6 is 12.2 Å². The lowest BCUT2D eigenvalue weighted by Gasteiger charge is -2.20. The first-order chi connectivity index (χ1) is 16.8. The van der Waals surface area contributed by atoms with Gasteiger partial charge >= 0.3 is 12.1 Å². The molecule has 0 spiro atoms. The fourth-order valence-corrected chi connectivity index (χ4v) is 4.21. The number of Topliss-reactive ketones (excluding diaryl/α,β-unsaturated/α-hetero) is 1. The zero-order valence-corrected chi connectivity index (χ0v) is 19.9. The number of benzene rings is 2. The molecule has 2 aromatic carbocycles. The molecule has 2 fully saturated rings. The number of methoxy groups -OCH3 is 1. The van der Waals surface area contributed by atoms with Crippen LogP contribution in [0.5, 0.6) is 0 Å². The van der Waals surface area contributed by atoms with E-state index in [1.54, 1.807) is 48.5 Å². The SMILES string of the molecule is COC(=O)c1cccc(NC(=S)N[C@H]2CO[C@H]3[C@H]2OC[C@@H]3OC(=O)Nc2ccc(C(C)=O)cc2)c1. The smallest absolute Gasteiger partial charge is 0.412 e. The average Bonchev–Trinajstić information content (AvgIpc) is 3.42. The molecule has 2 aliphatic heterocycles. The lowest BCUT2D eigenvalue weighted by molar-refractivity contribution is 0.00880. The molecule has 0 saturated carbocycles. The molecule has 4 rings (SSSR count). The maximum Gasteiger partial charge on any atom is 0.412 e. The summed E-state index contributed by atoms with van der Waals surface area (Å²) in [6, 6.07) is 13.0. The van der Waals surface area contributed by atoms with Gasteiger partial charge in [-0.25, -0.2) is 9.59 Å². The third-order valence-electron chi connectivity index (χ3n) is 5.66. The highest BCUT2D eigenvalue weighted by Crippen LogP contribution is 2.29. The number of nitrogens with one attached hydrogen (secondary N) is 3. The number of hydrogen-bond donors (Lipinski definition) is 3. The van der Waals surface area contributed by atoms with Gasteiger partial charge in [-0.05, 0) is 61.6 Å². The number of ether oxygens (including phenoxy) is 4. The van der Waals surface area contributed by atoms with Gasteiger partial charge < -0.3 is 29.6 Å². The van der Waals surface area contributed by atoms with Crippen molar-refractivity contribution in [3.8, 4) is 0 Å². The second kappa shape index (κ2) is 10.8. The van der Waals surface area contributed by atoms with Gasteiger partial charge in [0.1, 0.15) is 12.2 Å². The highest BCUT2D eigenvalue weighted by Gasteiger charge is 2.49. The summed E-state index contributed by atoms with van der Waals surface area (Å²) >= 11 is 5.40. The van der Waals surface area contributed by atoms with Crippen molar-refractivity contribution >= 4 is 46.6 Å². The standard InChI is InChI=1S/C24H25N3O7S/c1-13(28)14-6-8-16(9-7-14)26-24(30)34-19-12-33-20-18(11-32-21(19)20)27-23(35)25-17-5-3-4-15(10-17)22(29)31-2/h3-10,18-21H,11-12H2,1-2H3,(H,26,30)(H2,25,27,35)/t18-,19-,20-,21+/m0/s1. The maximum absolute atomic E-state index is 12.3. The predicted molar refractivity (Wildman–Crippen MR) is 131 cm³/mol. The lowest BCUT2D eigenvalue weighted by atomic mass is 10.1. The molecule has 1 amide bonds. The number of esters is 1. The fourth-order valence-electron chi connectivity index (χ4n) is 3.94. The molecule has 184 valence electrons. The molecule has 0 aliphatic carbocycles. The topological polar surface area (TPSA) is 124 Å². The molecule has 11 heteroatoms. The molecule has 2 heterocycles. The number of amides is 1. The number of carbonyl (C=O) groups excluding carboxylic acids is 3. The molecular formula is C24H25N3O7S. The average molecular weight is 500 g/mol. The molecule has 2 aliphatic rings. The van der Waals surface area contributed by atoms with E-state index in [4.69, 9.17) is 31.2 Å². The van der Waals surface area contributed by atoms with Gasteiger partial charge in [-0.15, -0.1) is 0 Å². The van der Waals surface area contributed by atoms with Crippen molar-refractivity contribution in [1.82, 2.24) is 5.32 Å². The summed E-state index contributed by atoms with van der Waals surface area (Å²) in [5, 5.41) is 9.17. The number of ketones is 1. The Hall–Kier alpha value is -3.54. The van der Waals surface area contributed by atoms with E-state index in [0.29, 0.717) is 34.2 Å². The van der Waals surface area contributed by atoms with Crippen molar-refractivity contribution in [2.75, 3.05) is 31.0 Å². The maximum atomic E-state index is 12.3. The van der Waals surface area contributed by atoms with E-state index in [1.807, 2.05) is 0 Å². The van der Waals surface area contributed by atoms with Gasteiger partial charge in [0.2, 0.25) is 0 Å². The molecule has 0 unspecified atom stereocenters. The largest absolute Gasteiger partial charge is 0.465 e. The highest BCUT2D eigenvalue weighted by atomic mass is 32.1. The Morgan fingerprint density at radius 2 is 1.69 bits per heavy atom. The number of thiocarbonyl (C=S) groups is 1. The summed E-state index contributed by atoms with van der Waals surface area (Å²) in [7, 11) is 1.32. The normalized spacial score (nSPS) is 22.6. The van der Waals surface area contributed by atoms with Crippen molar-refractivity contribution in [1.29, 1.82) is 0 Å². The molecule has 0 bridgehead atoms. The number of fused-ring (bicyclic) bond motifs is 1. The summed E-state index contributed by atoms with van der Waals surface area (Å²) < 4.78 is 21.9. The Morgan fingerprint density at radius 3 is 2.40 bits per heavy atom. The molecule has 0 aromatic heterocycles. The quantitative estimate of drug-likeness (QED) is 0.310. The summed E-state index contributed by atoms with van der Waals surface area (Å²) in [6.07, 6.45) is -2.02. The van der Waals surface area contributed by atoms with Gasteiger partial charge in [0.25, 0.3) is 0 Å². The van der Waals surface area contributed by atoms with E-state index in [-0.39, 0.29) is 24.5 Å². The molecule has 4 atom stereocenters. The van der Waals surface area contributed by atoms with E-state index in [2.05, 4.69) is 16.0 Å². The molecule has 2 aromatic rings. The zero-order valence-electron chi connectivity index (χ0n) is 19.1. The first-order valence-electron chi connectivity index (χ1n) is 10.9. The van der Waals surface area contributed by atoms with E-state index in [0.717, 1.165) is 0 Å². The van der Waals surface area contributed by atoms with Crippen LogP contribution in [-0.2, 0) is 18.9 Å². The van der Waals surface area contributed by atoms with Crippen LogP contribution in [0.1, 0.15) is 27.6 Å². The molecule has 10 nitrogen and oxygen atoms in total. The van der Waals surface area contributed by atoms with E-state index < -0.39 is 24.3 Å². The lowest BCUT2D eigenvalue weighted by Crippen LogP contribution is -2.46. The van der Waals surface area contributed by atoms with Crippen molar-refractivity contribution < 1.29 is 33.3 Å². The van der Waals surface area contributed by atoms with Crippen LogP contribution < -0.4 is 16.0 Å². The minimum absolute atomic E-state index is 0.0563. The van der Waals surface area contributed by atoms with Crippen LogP contribution in [0.15, 0.2) is 48.5 Å². The van der Waals surface area contributed by atoms with E-state index in [1.165, 1.54) is 14.0 Å². The summed E-state index contributed by atoms with van der Waals surface area (Å²) in [5.41, 5.74) is 2.09. The van der Waals surface area contributed by atoms with Crippen LogP contribution in [0.3, 0.4) is 0 Å². The number of rotatable bonds is 6. The second-order valence-corrected chi connectivity index (χ2v) is 8.48. The van der Waals surface area contributed by atoms with Gasteiger partial charge in [-0.2, -0.15) is 0 Å². The number of carbonyl (C=O) groups is 3. The Kier molecular flexibility index (Phi) is 7.59. The Bertz CT molecular complexity index is 1120. The van der Waals surface area contributed by atoms with Crippen LogP contribution in [0.4, 0.5) is 16.2 Å². The molecule has 2 saturated heterocycles. The van der Waals surface area contributed by atoms with Crippen LogP contribution in [0.2, 0.25) is 0 Å². The first kappa shape index (κ1) is 24.6. The number of hydrogen-bond acceptors (Lipinski definition) is 8. The monoisotopic (exact) mass is 499 g/mol. The Morgan fingerprint density at radius 1 is 0.943 bits per heavy atom. The van der Waals surface area contributed by atoms with Crippen molar-refractivity contribution in [3.63, 3.8) is 0 Å². The Balaban J connectivity index is 1.27. The minimum atomic E-state index is -0.641. The van der Waals surface area contributed by atoms with E-state index in [9.17, 15) is 14.4 Å². The van der Waals surface area contributed by atoms with Crippen molar-refractivity contribution in [2.24, 2.45) is 0 Å². The zero-order chi connectivity index (χ0) is 24.9. The molecule has 0 radical (unpaired) electrons. The summed E-state index contributed by atoms with van der Waals surface area (Å²) in [4.78, 5) is 35.4. The summed E-state index contributed by atoms with van der Waals surface area (Å²) in [6.45, 7) is 1.97. The molecule has 3 N–H and O–H groups in total. The molecule has 35 heavy (non-hydrogen) atoms. The van der Waals surface area contributed by atoms with E-state index >= 15 is 0 Å². The number of anilines is 2. The first-order valence-corrected chi connectivity index (χ1v) is 11.3. The van der Waals surface area contributed by atoms with Gasteiger partial charge in [0.05, 0.1) is 31.9 Å². The van der Waals surface area contributed by atoms with Crippen molar-refractivity contribution in [2.45, 2.75) is 31.3 Å². The van der Waals surface area contributed by atoms with Gasteiger partial charge in [-0.3, -0.25) is 10.1 Å². The fraction of sp³-hybridized carbons (Fsp3) is 0.333. The third kappa shape index (κ3) is 5.94. The minimum Gasteiger partial charge on any atom is -0.465 e. The van der Waals surface area contributed by atoms with Gasteiger partial charge in [0.15, 0.2) is 17.0 Å². The van der Waals surface area contributed by atoms with Gasteiger partial charge in [-0.1, -0.05) is 6.07 Å². The third-order valence-corrected chi connectivity index (χ3v) is 5.88. The highest BCUT2D eigenvalue weighted by molar-refractivity contribution is 7.80. The van der Waals surface area contributed by atoms with Crippen LogP contribution in [0.25, 0.3) is 0 Å². The Labute approximate surface area is 207 Å².